The fourth-order valence-electron chi connectivity index (χ4n) is 3.01. The molecule has 6 heteroatoms. The van der Waals surface area contributed by atoms with Crippen LogP contribution in [-0.2, 0) is 14.3 Å². The molecule has 0 aromatic heterocycles. The monoisotopic (exact) mass is 270 g/mol. The number of nitrogens with one attached hydrogen (secondary N) is 1. The number of carbonyl (C=O) groups is 2. The summed E-state index contributed by atoms with van der Waals surface area (Å²) in [7, 11) is 0. The van der Waals surface area contributed by atoms with Gasteiger partial charge in [0.15, 0.2) is 0 Å². The van der Waals surface area contributed by atoms with E-state index in [1.54, 1.807) is 6.92 Å². The highest BCUT2D eigenvalue weighted by molar-refractivity contribution is 5.82. The molecule has 0 spiro atoms. The van der Waals surface area contributed by atoms with Crippen molar-refractivity contribution in [2.45, 2.75) is 38.3 Å². The topological polar surface area (TPSA) is 78.9 Å². The van der Waals surface area contributed by atoms with Crippen molar-refractivity contribution in [2.24, 2.45) is 5.92 Å². The van der Waals surface area contributed by atoms with Crippen molar-refractivity contribution in [3.05, 3.63) is 0 Å². The summed E-state index contributed by atoms with van der Waals surface area (Å²) in [5.74, 6) is -0.206. The summed E-state index contributed by atoms with van der Waals surface area (Å²) in [5.41, 5.74) is 0. The number of carbonyl (C=O) groups excluding carboxylic acids is 2. The number of hydrogen-bond donors (Lipinski definition) is 2. The van der Waals surface area contributed by atoms with Crippen molar-refractivity contribution in [3.8, 4) is 0 Å². The molecule has 0 bridgehead atoms. The van der Waals surface area contributed by atoms with Crippen LogP contribution in [0.25, 0.3) is 0 Å². The number of ether oxygens (including phenoxy) is 1. The van der Waals surface area contributed by atoms with Crippen molar-refractivity contribution >= 4 is 11.9 Å². The second-order valence-corrected chi connectivity index (χ2v) is 5.22. The van der Waals surface area contributed by atoms with E-state index in [4.69, 9.17) is 4.74 Å². The van der Waals surface area contributed by atoms with E-state index in [1.807, 2.05) is 0 Å². The van der Waals surface area contributed by atoms with E-state index in [9.17, 15) is 14.7 Å². The van der Waals surface area contributed by atoms with E-state index in [0.29, 0.717) is 19.7 Å². The van der Waals surface area contributed by atoms with E-state index < -0.39 is 6.10 Å². The number of amides is 1. The van der Waals surface area contributed by atoms with Gasteiger partial charge < -0.3 is 15.2 Å². The van der Waals surface area contributed by atoms with Gasteiger partial charge in [-0.3, -0.25) is 14.5 Å². The summed E-state index contributed by atoms with van der Waals surface area (Å²) in [4.78, 5) is 25.1. The Hall–Kier alpha value is -1.14. The summed E-state index contributed by atoms with van der Waals surface area (Å²) < 4.78 is 4.82. The minimum atomic E-state index is -0.728. The maximum absolute atomic E-state index is 11.6. The second kappa shape index (κ2) is 6.34. The molecule has 2 heterocycles. The summed E-state index contributed by atoms with van der Waals surface area (Å²) in [6.07, 6.45) is 1.17. The smallest absolute Gasteiger partial charge is 0.308 e. The Morgan fingerprint density at radius 1 is 1.63 bits per heavy atom. The number of rotatable bonds is 5. The molecule has 2 rings (SSSR count). The molecular formula is C13H22N2O4. The van der Waals surface area contributed by atoms with Gasteiger partial charge in [0.2, 0.25) is 5.91 Å². The van der Waals surface area contributed by atoms with Crippen LogP contribution in [0.2, 0.25) is 0 Å². The number of esters is 1. The first-order valence-electron chi connectivity index (χ1n) is 6.97. The number of β-amino-alcohol motifs (C(OH)–C–C–N with tert-alkyl or cyclic N) is 1. The number of piperidine rings is 1. The van der Waals surface area contributed by atoms with E-state index in [1.165, 1.54) is 0 Å². The maximum Gasteiger partial charge on any atom is 0.308 e. The summed E-state index contributed by atoms with van der Waals surface area (Å²) in [6, 6.07) is 0.165. The van der Waals surface area contributed by atoms with Crippen molar-refractivity contribution in [3.63, 3.8) is 0 Å². The first-order chi connectivity index (χ1) is 9.11. The van der Waals surface area contributed by atoms with Gasteiger partial charge in [0.05, 0.1) is 25.0 Å². The van der Waals surface area contributed by atoms with Gasteiger partial charge in [-0.25, -0.2) is 0 Å². The van der Waals surface area contributed by atoms with Crippen LogP contribution in [0.1, 0.15) is 26.2 Å². The standard InChI is InChI=1S/C13H22N2O4/c1-2-19-12(17)6-9(16)8-15-5-3-4-10-11(15)7-14-13(10)18/h9-11,16H,2-8H2,1H3,(H,14,18). The van der Waals surface area contributed by atoms with Gasteiger partial charge in [0.25, 0.3) is 0 Å². The zero-order valence-electron chi connectivity index (χ0n) is 11.3. The third kappa shape index (κ3) is 3.45. The van der Waals surface area contributed by atoms with Crippen LogP contribution in [0.3, 0.4) is 0 Å². The average molecular weight is 270 g/mol. The molecule has 1 amide bonds. The molecule has 0 aliphatic carbocycles. The zero-order valence-corrected chi connectivity index (χ0v) is 11.3. The molecule has 0 radical (unpaired) electrons. The van der Waals surface area contributed by atoms with Gasteiger partial charge in [-0.15, -0.1) is 0 Å². The van der Waals surface area contributed by atoms with Gasteiger partial charge >= 0.3 is 5.97 Å². The lowest BCUT2D eigenvalue weighted by atomic mass is 9.91. The molecule has 2 aliphatic heterocycles. The summed E-state index contributed by atoms with van der Waals surface area (Å²) in [5, 5.41) is 12.8. The Bertz CT molecular complexity index is 348. The molecule has 2 N–H and O–H groups in total. The maximum atomic E-state index is 11.6. The van der Waals surface area contributed by atoms with Crippen LogP contribution in [0, 0.1) is 5.92 Å². The first kappa shape index (κ1) is 14.3. The third-order valence-corrected chi connectivity index (χ3v) is 3.87. The number of aliphatic hydroxyl groups is 1. The number of hydrogen-bond acceptors (Lipinski definition) is 5. The number of likely N-dealkylation sites (tertiary alicyclic amines) is 1. The fraction of sp³-hybridized carbons (Fsp3) is 0.846. The van der Waals surface area contributed by atoms with Gasteiger partial charge in [0, 0.05) is 19.1 Å². The number of fused-ring (bicyclic) bond motifs is 1. The molecule has 3 atom stereocenters. The second-order valence-electron chi connectivity index (χ2n) is 5.22. The van der Waals surface area contributed by atoms with E-state index >= 15 is 0 Å². The highest BCUT2D eigenvalue weighted by atomic mass is 16.5. The Labute approximate surface area is 113 Å². The quantitative estimate of drug-likeness (QED) is 0.659. The molecular weight excluding hydrogens is 248 g/mol. The minimum Gasteiger partial charge on any atom is -0.466 e. The zero-order chi connectivity index (χ0) is 13.8. The molecule has 0 saturated carbocycles. The van der Waals surface area contributed by atoms with Crippen molar-refractivity contribution in [2.75, 3.05) is 26.2 Å². The normalized spacial score (nSPS) is 28.6. The summed E-state index contributed by atoms with van der Waals surface area (Å²) in [6.45, 7) is 4.02. The predicted molar refractivity (Wildman–Crippen MR) is 68.4 cm³/mol. The van der Waals surface area contributed by atoms with Crippen molar-refractivity contribution < 1.29 is 19.4 Å². The molecule has 2 saturated heterocycles. The predicted octanol–water partition coefficient (Wildman–Crippen LogP) is -0.489. The Balaban J connectivity index is 1.84. The van der Waals surface area contributed by atoms with Crippen LogP contribution >= 0.6 is 0 Å². The lowest BCUT2D eigenvalue weighted by Crippen LogP contribution is -2.48. The van der Waals surface area contributed by atoms with E-state index in [-0.39, 0.29) is 30.3 Å². The first-order valence-corrected chi connectivity index (χ1v) is 6.97. The molecule has 3 unspecified atom stereocenters. The molecule has 0 aromatic rings. The Morgan fingerprint density at radius 3 is 3.16 bits per heavy atom. The number of aliphatic hydroxyl groups excluding tert-OH is 1. The van der Waals surface area contributed by atoms with Crippen LogP contribution in [-0.4, -0.2) is 60.3 Å². The molecule has 0 aromatic carbocycles. The van der Waals surface area contributed by atoms with Gasteiger partial charge in [0.1, 0.15) is 0 Å². The summed E-state index contributed by atoms with van der Waals surface area (Å²) >= 11 is 0. The molecule has 2 aliphatic rings. The third-order valence-electron chi connectivity index (χ3n) is 3.87. The van der Waals surface area contributed by atoms with Crippen LogP contribution in [0.4, 0.5) is 0 Å². The highest BCUT2D eigenvalue weighted by Crippen LogP contribution is 2.27. The highest BCUT2D eigenvalue weighted by Gasteiger charge is 2.41. The fourth-order valence-corrected chi connectivity index (χ4v) is 3.01. The Kier molecular flexibility index (Phi) is 4.76. The molecule has 6 nitrogen and oxygen atoms in total. The molecule has 19 heavy (non-hydrogen) atoms. The van der Waals surface area contributed by atoms with Crippen LogP contribution < -0.4 is 5.32 Å². The molecule has 108 valence electrons. The number of nitrogens with zero attached hydrogens (tertiary/aromatic N) is 1. The SMILES string of the molecule is CCOC(=O)CC(O)CN1CCCC2C(=O)NCC21. The van der Waals surface area contributed by atoms with Gasteiger partial charge in [-0.05, 0) is 26.3 Å². The average Bonchev–Trinajstić information content (AvgIpc) is 2.72. The Morgan fingerprint density at radius 2 is 2.42 bits per heavy atom. The van der Waals surface area contributed by atoms with Gasteiger partial charge in [-0.1, -0.05) is 0 Å². The largest absolute Gasteiger partial charge is 0.466 e. The van der Waals surface area contributed by atoms with Crippen molar-refractivity contribution in [1.29, 1.82) is 0 Å². The van der Waals surface area contributed by atoms with Crippen molar-refractivity contribution in [1.82, 2.24) is 10.2 Å². The van der Waals surface area contributed by atoms with E-state index in [2.05, 4.69) is 10.2 Å². The van der Waals surface area contributed by atoms with Crippen LogP contribution in [0.5, 0.6) is 0 Å². The van der Waals surface area contributed by atoms with Gasteiger partial charge in [-0.2, -0.15) is 0 Å². The lowest BCUT2D eigenvalue weighted by molar-refractivity contribution is -0.145. The minimum absolute atomic E-state index is 0.0170. The molecule has 2 fully saturated rings. The van der Waals surface area contributed by atoms with E-state index in [0.717, 1.165) is 19.4 Å². The van der Waals surface area contributed by atoms with Crippen LogP contribution in [0.15, 0.2) is 0 Å². The lowest BCUT2D eigenvalue weighted by Gasteiger charge is -2.36.